The molecule has 1 aliphatic rings. The van der Waals surface area contributed by atoms with Gasteiger partial charge in [-0.15, -0.1) is 0 Å². The molecule has 1 aromatic carbocycles. The van der Waals surface area contributed by atoms with Gasteiger partial charge in [0.05, 0.1) is 11.6 Å². The lowest BCUT2D eigenvalue weighted by Gasteiger charge is -2.08. The van der Waals surface area contributed by atoms with E-state index in [4.69, 9.17) is 5.26 Å². The minimum Gasteiger partial charge on any atom is -0.192 e. The summed E-state index contributed by atoms with van der Waals surface area (Å²) in [6.07, 6.45) is 8.55. The molecule has 2 rings (SSSR count). The highest BCUT2D eigenvalue weighted by Gasteiger charge is 2.03. The molecule has 0 unspecified atom stereocenters. The van der Waals surface area contributed by atoms with E-state index in [1.165, 1.54) is 11.1 Å². The summed E-state index contributed by atoms with van der Waals surface area (Å²) < 4.78 is 0. The van der Waals surface area contributed by atoms with Crippen LogP contribution in [0.1, 0.15) is 24.0 Å². The van der Waals surface area contributed by atoms with Gasteiger partial charge in [0.25, 0.3) is 0 Å². The Labute approximate surface area is 84.0 Å². The SMILES string of the molecule is N#Cc1cccc(C2=CC=CCC2)c1. The minimum atomic E-state index is 0.734. The Balaban J connectivity index is 2.37. The third kappa shape index (κ3) is 1.75. The van der Waals surface area contributed by atoms with Crippen LogP contribution in [-0.4, -0.2) is 0 Å². The standard InChI is InChI=1S/C13H11N/c14-10-11-5-4-8-13(9-11)12-6-2-1-3-7-12/h1-2,4-6,8-9H,3,7H2. The van der Waals surface area contributed by atoms with Crippen LogP contribution in [0.4, 0.5) is 0 Å². The van der Waals surface area contributed by atoms with Crippen molar-refractivity contribution in [3.63, 3.8) is 0 Å². The van der Waals surface area contributed by atoms with Crippen molar-refractivity contribution < 1.29 is 0 Å². The Kier molecular flexibility index (Phi) is 2.46. The normalized spacial score (nSPS) is 14.6. The second-order valence-electron chi connectivity index (χ2n) is 3.35. The molecule has 0 heterocycles. The van der Waals surface area contributed by atoms with E-state index in [9.17, 15) is 0 Å². The van der Waals surface area contributed by atoms with Crippen LogP contribution in [0, 0.1) is 11.3 Å². The highest BCUT2D eigenvalue weighted by atomic mass is 14.2. The Morgan fingerprint density at radius 1 is 1.29 bits per heavy atom. The van der Waals surface area contributed by atoms with Gasteiger partial charge >= 0.3 is 0 Å². The quantitative estimate of drug-likeness (QED) is 0.652. The third-order valence-corrected chi connectivity index (χ3v) is 2.38. The van der Waals surface area contributed by atoms with E-state index in [2.05, 4.69) is 30.4 Å². The van der Waals surface area contributed by atoms with Crippen molar-refractivity contribution in [3.8, 4) is 6.07 Å². The Morgan fingerprint density at radius 3 is 2.93 bits per heavy atom. The number of rotatable bonds is 1. The fourth-order valence-corrected chi connectivity index (χ4v) is 1.63. The van der Waals surface area contributed by atoms with Crippen LogP contribution in [0.15, 0.2) is 42.5 Å². The van der Waals surface area contributed by atoms with Gasteiger partial charge in [-0.2, -0.15) is 5.26 Å². The molecule has 1 nitrogen and oxygen atoms in total. The summed E-state index contributed by atoms with van der Waals surface area (Å²) in [5, 5.41) is 8.78. The fraction of sp³-hybridized carbons (Fsp3) is 0.154. The molecule has 0 saturated heterocycles. The van der Waals surface area contributed by atoms with Crippen LogP contribution in [0.25, 0.3) is 5.57 Å². The summed E-state index contributed by atoms with van der Waals surface area (Å²) >= 11 is 0. The molecule has 14 heavy (non-hydrogen) atoms. The molecular weight excluding hydrogens is 170 g/mol. The van der Waals surface area contributed by atoms with Crippen LogP contribution >= 0.6 is 0 Å². The van der Waals surface area contributed by atoms with E-state index >= 15 is 0 Å². The highest BCUT2D eigenvalue weighted by molar-refractivity contribution is 5.69. The lowest BCUT2D eigenvalue weighted by atomic mass is 9.96. The Morgan fingerprint density at radius 2 is 2.21 bits per heavy atom. The molecule has 0 fully saturated rings. The van der Waals surface area contributed by atoms with Crippen molar-refractivity contribution in [3.05, 3.63) is 53.6 Å². The second kappa shape index (κ2) is 3.93. The van der Waals surface area contributed by atoms with Crippen LogP contribution < -0.4 is 0 Å². The van der Waals surface area contributed by atoms with Gasteiger partial charge in [-0.25, -0.2) is 0 Å². The molecule has 0 saturated carbocycles. The molecule has 68 valence electrons. The van der Waals surface area contributed by atoms with Crippen molar-refractivity contribution >= 4 is 5.57 Å². The van der Waals surface area contributed by atoms with E-state index < -0.39 is 0 Å². The maximum Gasteiger partial charge on any atom is 0.0991 e. The summed E-state index contributed by atoms with van der Waals surface area (Å²) in [7, 11) is 0. The molecule has 0 aliphatic heterocycles. The fourth-order valence-electron chi connectivity index (χ4n) is 1.63. The van der Waals surface area contributed by atoms with Crippen molar-refractivity contribution in [2.24, 2.45) is 0 Å². The lowest BCUT2D eigenvalue weighted by Crippen LogP contribution is -1.88. The zero-order chi connectivity index (χ0) is 9.80. The molecule has 1 heteroatoms. The van der Waals surface area contributed by atoms with E-state index in [1.807, 2.05) is 18.2 Å². The van der Waals surface area contributed by atoms with E-state index in [0.717, 1.165) is 18.4 Å². The molecule has 1 aliphatic carbocycles. The average molecular weight is 181 g/mol. The monoisotopic (exact) mass is 181 g/mol. The first kappa shape index (κ1) is 8.77. The highest BCUT2D eigenvalue weighted by Crippen LogP contribution is 2.23. The van der Waals surface area contributed by atoms with Gasteiger partial charge in [-0.1, -0.05) is 30.4 Å². The van der Waals surface area contributed by atoms with Gasteiger partial charge in [0, 0.05) is 0 Å². The largest absolute Gasteiger partial charge is 0.192 e. The summed E-state index contributed by atoms with van der Waals surface area (Å²) in [6, 6.07) is 9.95. The summed E-state index contributed by atoms with van der Waals surface area (Å²) in [5.41, 5.74) is 3.23. The topological polar surface area (TPSA) is 23.8 Å². The number of benzene rings is 1. The maximum absolute atomic E-state index is 8.78. The van der Waals surface area contributed by atoms with Crippen LogP contribution in [0.2, 0.25) is 0 Å². The first-order chi connectivity index (χ1) is 6.90. The van der Waals surface area contributed by atoms with E-state index in [-0.39, 0.29) is 0 Å². The zero-order valence-electron chi connectivity index (χ0n) is 7.90. The summed E-state index contributed by atoms with van der Waals surface area (Å²) in [6.45, 7) is 0. The zero-order valence-corrected chi connectivity index (χ0v) is 7.90. The molecule has 0 atom stereocenters. The third-order valence-electron chi connectivity index (χ3n) is 2.38. The number of hydrogen-bond donors (Lipinski definition) is 0. The average Bonchev–Trinajstić information content (AvgIpc) is 2.30. The Bertz CT molecular complexity index is 433. The molecule has 0 radical (unpaired) electrons. The van der Waals surface area contributed by atoms with Crippen molar-refractivity contribution in [1.29, 1.82) is 5.26 Å². The minimum absolute atomic E-state index is 0.734. The predicted octanol–water partition coefficient (Wildman–Crippen LogP) is 3.29. The number of hydrogen-bond acceptors (Lipinski definition) is 1. The van der Waals surface area contributed by atoms with E-state index in [1.54, 1.807) is 0 Å². The van der Waals surface area contributed by atoms with Gasteiger partial charge in [-0.05, 0) is 36.1 Å². The Hall–Kier alpha value is -1.81. The molecule has 0 spiro atoms. The van der Waals surface area contributed by atoms with Gasteiger partial charge in [0.1, 0.15) is 0 Å². The summed E-state index contributed by atoms with van der Waals surface area (Å²) in [5.74, 6) is 0. The van der Waals surface area contributed by atoms with Crippen molar-refractivity contribution in [1.82, 2.24) is 0 Å². The molecule has 0 aromatic heterocycles. The van der Waals surface area contributed by atoms with Crippen LogP contribution in [-0.2, 0) is 0 Å². The molecule has 0 N–H and O–H groups in total. The predicted molar refractivity (Wildman–Crippen MR) is 57.5 cm³/mol. The lowest BCUT2D eigenvalue weighted by molar-refractivity contribution is 1.05. The van der Waals surface area contributed by atoms with Gasteiger partial charge < -0.3 is 0 Å². The van der Waals surface area contributed by atoms with Gasteiger partial charge in [0.15, 0.2) is 0 Å². The number of nitrogens with zero attached hydrogens (tertiary/aromatic N) is 1. The van der Waals surface area contributed by atoms with Crippen LogP contribution in [0.3, 0.4) is 0 Å². The summed E-state index contributed by atoms with van der Waals surface area (Å²) in [4.78, 5) is 0. The maximum atomic E-state index is 8.78. The van der Waals surface area contributed by atoms with Crippen LogP contribution in [0.5, 0.6) is 0 Å². The van der Waals surface area contributed by atoms with Crippen molar-refractivity contribution in [2.45, 2.75) is 12.8 Å². The van der Waals surface area contributed by atoms with Gasteiger partial charge in [0.2, 0.25) is 0 Å². The smallest absolute Gasteiger partial charge is 0.0991 e. The van der Waals surface area contributed by atoms with Gasteiger partial charge in [-0.3, -0.25) is 0 Å². The first-order valence-corrected chi connectivity index (χ1v) is 4.76. The second-order valence-corrected chi connectivity index (χ2v) is 3.35. The van der Waals surface area contributed by atoms with Crippen molar-refractivity contribution in [2.75, 3.05) is 0 Å². The molecule has 0 amide bonds. The number of nitriles is 1. The number of allylic oxidation sites excluding steroid dienone is 4. The molecular formula is C13H11N. The first-order valence-electron chi connectivity index (χ1n) is 4.76. The molecule has 0 bridgehead atoms. The van der Waals surface area contributed by atoms with E-state index in [0.29, 0.717) is 0 Å². The molecule has 1 aromatic rings.